The summed E-state index contributed by atoms with van der Waals surface area (Å²) in [5.74, 6) is 0. The lowest BCUT2D eigenvalue weighted by molar-refractivity contribution is 0.161. The van der Waals surface area contributed by atoms with Crippen molar-refractivity contribution in [1.82, 2.24) is 10.3 Å². The molecule has 1 rings (SSSR count). The minimum absolute atomic E-state index is 0.264. The third-order valence-electron chi connectivity index (χ3n) is 0.884. The number of hydrogen-bond acceptors (Lipinski definition) is 4. The van der Waals surface area contributed by atoms with Crippen LogP contribution in [0.2, 0.25) is 0 Å². The van der Waals surface area contributed by atoms with Gasteiger partial charge in [0.2, 0.25) is 0 Å². The fraction of sp³-hybridized carbons (Fsp3) is 0.400. The summed E-state index contributed by atoms with van der Waals surface area (Å²) in [6, 6.07) is 0. The second-order valence-corrected chi connectivity index (χ2v) is 2.57. The Morgan fingerprint density at radius 3 is 2.60 bits per heavy atom. The van der Waals surface area contributed by atoms with Gasteiger partial charge in [-0.3, -0.25) is 4.98 Å². The summed E-state index contributed by atoms with van der Waals surface area (Å²) in [4.78, 5) is 13.9. The standard InChI is InChI=1S/C5H9NO2.C3H3NS.C2H6/c1-3-4-8-5(7)6-2;1-2-5-3-4-1;1-2/h3H,1,4H2,2H3,(H,6,7);1-3H;1-2H3. The Kier molecular flexibility index (Phi) is 16.2. The lowest BCUT2D eigenvalue weighted by Crippen LogP contribution is -2.18. The topological polar surface area (TPSA) is 51.2 Å². The summed E-state index contributed by atoms with van der Waals surface area (Å²) < 4.78 is 4.47. The van der Waals surface area contributed by atoms with Crippen molar-refractivity contribution in [3.63, 3.8) is 0 Å². The number of carbonyl (C=O) groups is 1. The van der Waals surface area contributed by atoms with Crippen molar-refractivity contribution in [3.8, 4) is 0 Å². The van der Waals surface area contributed by atoms with Gasteiger partial charge >= 0.3 is 6.09 Å². The molecular formula is C10H18N2O2S. The molecule has 86 valence electrons. The summed E-state index contributed by atoms with van der Waals surface area (Å²) >= 11 is 1.60. The largest absolute Gasteiger partial charge is 0.445 e. The molecule has 0 aliphatic heterocycles. The molecule has 1 aromatic heterocycles. The van der Waals surface area contributed by atoms with E-state index in [4.69, 9.17) is 0 Å². The van der Waals surface area contributed by atoms with Gasteiger partial charge in [-0.25, -0.2) is 4.79 Å². The molecule has 0 saturated heterocycles. The Bertz CT molecular complexity index is 208. The van der Waals surface area contributed by atoms with Crippen LogP contribution >= 0.6 is 11.3 Å². The number of alkyl carbamates (subject to hydrolysis) is 1. The predicted octanol–water partition coefficient (Wildman–Crippen LogP) is 2.70. The third kappa shape index (κ3) is 15.4. The van der Waals surface area contributed by atoms with Gasteiger partial charge in [0.05, 0.1) is 5.51 Å². The molecule has 0 bridgehead atoms. The highest BCUT2D eigenvalue weighted by Crippen LogP contribution is 1.85. The minimum atomic E-state index is -0.426. The molecular weight excluding hydrogens is 212 g/mol. The molecule has 1 amide bonds. The van der Waals surface area contributed by atoms with Crippen LogP contribution in [-0.2, 0) is 4.74 Å². The van der Waals surface area contributed by atoms with E-state index in [0.717, 1.165) is 0 Å². The van der Waals surface area contributed by atoms with E-state index in [1.165, 1.54) is 13.1 Å². The Morgan fingerprint density at radius 2 is 2.33 bits per heavy atom. The van der Waals surface area contributed by atoms with Crippen molar-refractivity contribution in [2.24, 2.45) is 0 Å². The van der Waals surface area contributed by atoms with E-state index in [1.54, 1.807) is 23.0 Å². The maximum Gasteiger partial charge on any atom is 0.407 e. The van der Waals surface area contributed by atoms with Crippen molar-refractivity contribution in [3.05, 3.63) is 29.7 Å². The summed E-state index contributed by atoms with van der Waals surface area (Å²) in [5, 5.41) is 4.22. The molecule has 15 heavy (non-hydrogen) atoms. The van der Waals surface area contributed by atoms with Crippen molar-refractivity contribution >= 4 is 17.4 Å². The van der Waals surface area contributed by atoms with E-state index in [-0.39, 0.29) is 6.61 Å². The quantitative estimate of drug-likeness (QED) is 0.795. The molecule has 0 saturated carbocycles. The van der Waals surface area contributed by atoms with Crippen LogP contribution in [0.1, 0.15) is 13.8 Å². The van der Waals surface area contributed by atoms with Crippen LogP contribution in [0.25, 0.3) is 0 Å². The van der Waals surface area contributed by atoms with Crippen molar-refractivity contribution < 1.29 is 9.53 Å². The van der Waals surface area contributed by atoms with Gasteiger partial charge in [-0.2, -0.15) is 0 Å². The number of nitrogens with one attached hydrogen (secondary N) is 1. The Labute approximate surface area is 95.0 Å². The van der Waals surface area contributed by atoms with E-state index in [2.05, 4.69) is 21.6 Å². The van der Waals surface area contributed by atoms with Gasteiger partial charge in [-0.05, 0) is 0 Å². The first-order valence-electron chi connectivity index (χ1n) is 4.58. The molecule has 0 unspecified atom stereocenters. The average molecular weight is 230 g/mol. The van der Waals surface area contributed by atoms with Gasteiger partial charge in [-0.15, -0.1) is 11.3 Å². The molecule has 0 atom stereocenters. The van der Waals surface area contributed by atoms with E-state index in [9.17, 15) is 4.79 Å². The van der Waals surface area contributed by atoms with Gasteiger partial charge in [0.15, 0.2) is 0 Å². The highest BCUT2D eigenvalue weighted by Gasteiger charge is 1.90. The molecule has 0 radical (unpaired) electrons. The first-order valence-corrected chi connectivity index (χ1v) is 5.53. The van der Waals surface area contributed by atoms with Gasteiger partial charge < -0.3 is 10.1 Å². The minimum Gasteiger partial charge on any atom is -0.445 e. The van der Waals surface area contributed by atoms with Crippen LogP contribution in [0.15, 0.2) is 29.7 Å². The van der Waals surface area contributed by atoms with Crippen LogP contribution in [0.5, 0.6) is 0 Å². The van der Waals surface area contributed by atoms with Crippen molar-refractivity contribution in [2.75, 3.05) is 13.7 Å². The molecule has 0 aliphatic rings. The predicted molar refractivity (Wildman–Crippen MR) is 64.1 cm³/mol. The Hall–Kier alpha value is -1.36. The lowest BCUT2D eigenvalue weighted by atomic mass is 10.7. The summed E-state index contributed by atoms with van der Waals surface area (Å²) in [5.41, 5.74) is 1.79. The van der Waals surface area contributed by atoms with Crippen LogP contribution in [0.3, 0.4) is 0 Å². The number of nitrogens with zero attached hydrogens (tertiary/aromatic N) is 1. The SMILES string of the molecule is C=CCOC(=O)NC.CC.c1cscn1. The first kappa shape index (κ1) is 16.1. The smallest absolute Gasteiger partial charge is 0.407 e. The van der Waals surface area contributed by atoms with Crippen molar-refractivity contribution in [1.29, 1.82) is 0 Å². The summed E-state index contributed by atoms with van der Waals surface area (Å²) in [6.07, 6.45) is 2.85. The molecule has 0 aromatic carbocycles. The third-order valence-corrected chi connectivity index (χ3v) is 1.41. The van der Waals surface area contributed by atoms with Crippen LogP contribution in [0, 0.1) is 0 Å². The molecule has 0 spiro atoms. The van der Waals surface area contributed by atoms with Gasteiger partial charge in [-0.1, -0.05) is 26.5 Å². The summed E-state index contributed by atoms with van der Waals surface area (Å²) in [7, 11) is 1.51. The number of thiazole rings is 1. The highest BCUT2D eigenvalue weighted by molar-refractivity contribution is 7.07. The molecule has 5 heteroatoms. The summed E-state index contributed by atoms with van der Waals surface area (Å²) in [6.45, 7) is 7.63. The maximum absolute atomic E-state index is 10.2. The average Bonchev–Trinajstić information content (AvgIpc) is 2.87. The fourth-order valence-electron chi connectivity index (χ4n) is 0.382. The van der Waals surface area contributed by atoms with Crippen LogP contribution in [-0.4, -0.2) is 24.7 Å². The fourth-order valence-corrected chi connectivity index (χ4v) is 0.734. The molecule has 0 fully saturated rings. The van der Waals surface area contributed by atoms with E-state index < -0.39 is 6.09 Å². The monoisotopic (exact) mass is 230 g/mol. The lowest BCUT2D eigenvalue weighted by Gasteiger charge is -1.96. The second-order valence-electron chi connectivity index (χ2n) is 1.81. The maximum atomic E-state index is 10.2. The van der Waals surface area contributed by atoms with Gasteiger partial charge in [0, 0.05) is 18.6 Å². The normalized spacial score (nSPS) is 7.13. The zero-order chi connectivity index (χ0) is 11.9. The van der Waals surface area contributed by atoms with Gasteiger partial charge in [0.1, 0.15) is 6.61 Å². The zero-order valence-electron chi connectivity index (χ0n) is 9.40. The second kappa shape index (κ2) is 15.1. The molecule has 0 aliphatic carbocycles. The number of rotatable bonds is 2. The highest BCUT2D eigenvalue weighted by atomic mass is 32.1. The first-order chi connectivity index (χ1) is 7.31. The van der Waals surface area contributed by atoms with E-state index in [1.807, 2.05) is 19.2 Å². The number of carbonyl (C=O) groups excluding carboxylic acids is 1. The number of amides is 1. The van der Waals surface area contributed by atoms with Crippen LogP contribution < -0.4 is 5.32 Å². The van der Waals surface area contributed by atoms with Gasteiger partial charge in [0.25, 0.3) is 0 Å². The molecule has 1 heterocycles. The zero-order valence-corrected chi connectivity index (χ0v) is 10.2. The van der Waals surface area contributed by atoms with Crippen LogP contribution in [0.4, 0.5) is 4.79 Å². The molecule has 4 nitrogen and oxygen atoms in total. The Balaban J connectivity index is 0. The molecule has 1 aromatic rings. The number of ether oxygens (including phenoxy) is 1. The number of aromatic nitrogens is 1. The number of hydrogen-bond donors (Lipinski definition) is 1. The van der Waals surface area contributed by atoms with E-state index in [0.29, 0.717) is 0 Å². The van der Waals surface area contributed by atoms with Crippen molar-refractivity contribution in [2.45, 2.75) is 13.8 Å². The van der Waals surface area contributed by atoms with E-state index >= 15 is 0 Å². The Morgan fingerprint density at radius 1 is 1.67 bits per heavy atom. The molecule has 1 N–H and O–H groups in total.